The van der Waals surface area contributed by atoms with Crippen LogP contribution >= 0.6 is 59.1 Å². The molecule has 2 aliphatic heterocycles. The number of carbonyl (C=O) groups excluding carboxylic acids is 2. The second kappa shape index (κ2) is 23.1. The summed E-state index contributed by atoms with van der Waals surface area (Å²) >= 11 is 15.2. The molecule has 4 atom stereocenters. The van der Waals surface area contributed by atoms with Gasteiger partial charge in [-0.2, -0.15) is 11.8 Å². The number of hydroxylamine groups is 1. The lowest BCUT2D eigenvalue weighted by molar-refractivity contribution is -0.137. The third-order valence-corrected chi connectivity index (χ3v) is 10.7. The molecule has 0 radical (unpaired) electrons. The zero-order chi connectivity index (χ0) is 32.5. The van der Waals surface area contributed by atoms with Gasteiger partial charge in [0.25, 0.3) is 5.91 Å². The molecule has 1 amide bonds. The molecule has 2 aliphatic rings. The number of hydrogen-bond donors (Lipinski definition) is 4. The van der Waals surface area contributed by atoms with Crippen LogP contribution in [-0.2, 0) is 14.3 Å². The summed E-state index contributed by atoms with van der Waals surface area (Å²) < 4.78 is 4.70. The third kappa shape index (κ3) is 15.0. The number of carbonyl (C=O) groups is 2. The first-order valence-electron chi connectivity index (χ1n) is 14.5. The molecule has 2 aromatic rings. The minimum absolute atomic E-state index is 0. The van der Waals surface area contributed by atoms with Crippen LogP contribution in [0.25, 0.3) is 0 Å². The van der Waals surface area contributed by atoms with Gasteiger partial charge in [-0.05, 0) is 111 Å². The molecule has 0 spiro atoms. The van der Waals surface area contributed by atoms with Crippen LogP contribution in [0.1, 0.15) is 35.8 Å². The van der Waals surface area contributed by atoms with E-state index in [9.17, 15) is 9.59 Å². The first-order chi connectivity index (χ1) is 21.2. The average Bonchev–Trinajstić information content (AvgIpc) is 3.03. The monoisotopic (exact) mass is 724 g/mol. The zero-order valence-corrected chi connectivity index (χ0v) is 30.0. The van der Waals surface area contributed by atoms with E-state index in [-0.39, 0.29) is 24.3 Å². The van der Waals surface area contributed by atoms with Crippen LogP contribution in [-0.4, -0.2) is 102 Å². The number of thioether (sulfide) groups is 2. The zero-order valence-electron chi connectivity index (χ0n) is 26.1. The molecule has 14 heteroatoms. The van der Waals surface area contributed by atoms with Crippen molar-refractivity contribution in [3.8, 4) is 0 Å². The number of likely N-dealkylation sites (tertiary alicyclic amines) is 2. The maximum absolute atomic E-state index is 11.2. The summed E-state index contributed by atoms with van der Waals surface area (Å²) in [5, 5.41) is 16.6. The second-order valence-corrected chi connectivity index (χ2v) is 14.0. The molecule has 2 saturated heterocycles. The first kappa shape index (κ1) is 41.8. The van der Waals surface area contributed by atoms with Crippen LogP contribution in [0.2, 0.25) is 10.0 Å². The highest BCUT2D eigenvalue weighted by molar-refractivity contribution is 8.00. The summed E-state index contributed by atoms with van der Waals surface area (Å²) in [6.45, 7) is 4.31. The number of nitrogens with one attached hydrogen (secondary N) is 1. The molecule has 5 N–H and O–H groups in total. The molecule has 0 bridgehead atoms. The van der Waals surface area contributed by atoms with Gasteiger partial charge in [0.15, 0.2) is 0 Å². The molecule has 0 saturated carbocycles. The van der Waals surface area contributed by atoms with Crippen molar-refractivity contribution in [2.45, 2.75) is 24.7 Å². The molecule has 4 rings (SSSR count). The van der Waals surface area contributed by atoms with Gasteiger partial charge in [0.1, 0.15) is 0 Å². The van der Waals surface area contributed by atoms with Crippen molar-refractivity contribution < 1.29 is 24.7 Å². The lowest BCUT2D eigenvalue weighted by atomic mass is 9.81. The first-order valence-corrected chi connectivity index (χ1v) is 17.6. The predicted molar refractivity (Wildman–Crippen MR) is 189 cm³/mol. The van der Waals surface area contributed by atoms with Gasteiger partial charge in [-0.25, -0.2) is 11.4 Å². The molecular formula is C31H47Cl3N4O5S2. The molecule has 45 heavy (non-hydrogen) atoms. The smallest absolute Gasteiger partial charge is 0.315 e. The van der Waals surface area contributed by atoms with Crippen LogP contribution in [0.15, 0.2) is 48.5 Å². The Kier molecular flexibility index (Phi) is 21.5. The Morgan fingerprint density at radius 3 is 1.62 bits per heavy atom. The fraction of sp³-hybridized carbons (Fsp3) is 0.548. The van der Waals surface area contributed by atoms with E-state index in [1.165, 1.54) is 18.2 Å². The number of hydrogen-bond acceptors (Lipinski definition) is 10. The predicted octanol–water partition coefficient (Wildman–Crippen LogP) is 5.65. The number of rotatable bonds is 10. The van der Waals surface area contributed by atoms with Crippen molar-refractivity contribution in [2.24, 2.45) is 17.7 Å². The summed E-state index contributed by atoms with van der Waals surface area (Å²) in [7, 11) is 5.74. The normalized spacial score (nSPS) is 21.6. The minimum atomic E-state index is -0.341. The molecule has 9 nitrogen and oxygen atoms in total. The molecule has 2 fully saturated rings. The van der Waals surface area contributed by atoms with Crippen molar-refractivity contribution in [1.29, 1.82) is 0 Å². The maximum atomic E-state index is 11.2. The Balaban J connectivity index is 0.000000418. The van der Waals surface area contributed by atoms with Gasteiger partial charge in [-0.15, -0.1) is 24.2 Å². The Labute approximate surface area is 292 Å². The van der Waals surface area contributed by atoms with Crippen molar-refractivity contribution in [2.75, 3.05) is 70.4 Å². The average molecular weight is 726 g/mol. The third-order valence-electron chi connectivity index (χ3n) is 7.94. The number of nitrogens with zero attached hydrogens (tertiary/aromatic N) is 2. The Morgan fingerprint density at radius 1 is 0.844 bits per heavy atom. The van der Waals surface area contributed by atoms with Gasteiger partial charge < -0.3 is 19.7 Å². The van der Waals surface area contributed by atoms with Crippen LogP contribution < -0.4 is 11.4 Å². The summed E-state index contributed by atoms with van der Waals surface area (Å²) in [6, 6.07) is 16.3. The number of nitrogens with two attached hydrogens (primary N) is 1. The van der Waals surface area contributed by atoms with E-state index in [1.807, 2.05) is 24.3 Å². The quantitative estimate of drug-likeness (QED) is 0.139. The standard InChI is InChI=1S/C16H22ClNO2S.C15H21ClN2O2S.ClH.H3NO/c1-18-8-7-15(12-3-5-14(17)6-4-12)13(9-18)10-21-11-16(19)20-2;1-18-7-6-14(11-2-4-13(16)5-3-11)12(8-18)9-21-10-15(19)17-20;;1-2/h3-6,13,15H,7-11H2,1-2H3;2-5,12,14,20H,6-10H2,1H3,(H,17,19);1H;2H,1H2/t13-,15-;12-,14-;;/m11../s1. The van der Waals surface area contributed by atoms with Gasteiger partial charge in [-0.1, -0.05) is 47.5 Å². The lowest BCUT2D eigenvalue weighted by Crippen LogP contribution is -2.38. The van der Waals surface area contributed by atoms with Crippen molar-refractivity contribution in [3.05, 3.63) is 69.7 Å². The number of benzene rings is 2. The number of piperidine rings is 2. The van der Waals surface area contributed by atoms with E-state index in [2.05, 4.69) is 54.1 Å². The van der Waals surface area contributed by atoms with Crippen LogP contribution in [0.4, 0.5) is 0 Å². The van der Waals surface area contributed by atoms with Gasteiger partial charge in [0, 0.05) is 23.1 Å². The molecule has 2 heterocycles. The van der Waals surface area contributed by atoms with E-state index < -0.39 is 0 Å². The van der Waals surface area contributed by atoms with E-state index in [1.54, 1.807) is 29.0 Å². The van der Waals surface area contributed by atoms with Crippen LogP contribution in [0.5, 0.6) is 0 Å². The summed E-state index contributed by atoms with van der Waals surface area (Å²) in [6.07, 6.45) is 2.27. The maximum Gasteiger partial charge on any atom is 0.315 e. The largest absolute Gasteiger partial charge is 0.468 e. The van der Waals surface area contributed by atoms with Gasteiger partial charge in [0.2, 0.25) is 0 Å². The fourth-order valence-corrected chi connectivity index (χ4v) is 8.05. The molecular weight excluding hydrogens is 679 g/mol. The molecule has 0 unspecified atom stereocenters. The highest BCUT2D eigenvalue weighted by atomic mass is 35.5. The van der Waals surface area contributed by atoms with Gasteiger partial charge in [0.05, 0.1) is 18.6 Å². The highest BCUT2D eigenvalue weighted by Gasteiger charge is 2.30. The van der Waals surface area contributed by atoms with Crippen molar-refractivity contribution in [3.63, 3.8) is 0 Å². The Hall–Kier alpha value is -1.25. The van der Waals surface area contributed by atoms with Crippen LogP contribution in [0.3, 0.4) is 0 Å². The highest BCUT2D eigenvalue weighted by Crippen LogP contribution is 2.36. The fourth-order valence-electron chi connectivity index (χ4n) is 5.75. The summed E-state index contributed by atoms with van der Waals surface area (Å²) in [5.74, 6) is 7.73. The number of halogens is 3. The molecule has 254 valence electrons. The van der Waals surface area contributed by atoms with Crippen LogP contribution in [0, 0.1) is 11.8 Å². The lowest BCUT2D eigenvalue weighted by Gasteiger charge is -2.37. The minimum Gasteiger partial charge on any atom is -0.468 e. The topological polar surface area (TPSA) is 128 Å². The number of amides is 1. The second-order valence-electron chi connectivity index (χ2n) is 11.1. The van der Waals surface area contributed by atoms with Crippen molar-refractivity contribution in [1.82, 2.24) is 15.3 Å². The number of ether oxygens (including phenoxy) is 1. The van der Waals surface area contributed by atoms with Gasteiger partial charge >= 0.3 is 5.97 Å². The Bertz CT molecular complexity index is 1030. The number of esters is 1. The summed E-state index contributed by atoms with van der Waals surface area (Å²) in [5.41, 5.74) is 4.36. The van der Waals surface area contributed by atoms with E-state index in [0.717, 1.165) is 60.6 Å². The van der Waals surface area contributed by atoms with Gasteiger partial charge in [-0.3, -0.25) is 14.8 Å². The molecule has 0 aliphatic carbocycles. The van der Waals surface area contributed by atoms with E-state index in [4.69, 9.17) is 38.4 Å². The number of methoxy groups -OCH3 is 1. The van der Waals surface area contributed by atoms with E-state index in [0.29, 0.717) is 35.2 Å². The van der Waals surface area contributed by atoms with Crippen molar-refractivity contribution >= 4 is 71.0 Å². The van der Waals surface area contributed by atoms with E-state index >= 15 is 0 Å². The summed E-state index contributed by atoms with van der Waals surface area (Å²) in [4.78, 5) is 27.0. The molecule has 0 aromatic heterocycles. The molecule has 2 aromatic carbocycles. The SMILES string of the molecule is CN1CC[C@H](c2ccc(Cl)cc2)[C@@H](CSCC(=O)NO)C1.COC(=O)CSC[C@H]1CN(C)CC[C@@H]1c1ccc(Cl)cc1.Cl.NO. The Morgan fingerprint density at radius 2 is 1.24 bits per heavy atom.